The fraction of sp³-hybridized carbons (Fsp3) is 0.357. The number of aryl methyl sites for hydroxylation is 2. The zero-order valence-corrected chi connectivity index (χ0v) is 11.5. The van der Waals surface area contributed by atoms with E-state index in [1.165, 1.54) is 9.75 Å². The van der Waals surface area contributed by atoms with Gasteiger partial charge in [-0.2, -0.15) is 0 Å². The van der Waals surface area contributed by atoms with E-state index in [1.807, 2.05) is 13.0 Å². The maximum Gasteiger partial charge on any atom is 0.287 e. The van der Waals surface area contributed by atoms with E-state index in [-0.39, 0.29) is 5.91 Å². The van der Waals surface area contributed by atoms with Crippen LogP contribution >= 0.6 is 11.3 Å². The Morgan fingerprint density at radius 2 is 1.94 bits per heavy atom. The number of thiophene rings is 1. The van der Waals surface area contributed by atoms with Crippen LogP contribution in [0.3, 0.4) is 0 Å². The maximum absolute atomic E-state index is 11.8. The zero-order valence-electron chi connectivity index (χ0n) is 10.7. The quantitative estimate of drug-likeness (QED) is 0.898. The summed E-state index contributed by atoms with van der Waals surface area (Å²) in [6.07, 6.45) is 1.84. The molecule has 1 amide bonds. The highest BCUT2D eigenvalue weighted by molar-refractivity contribution is 7.11. The van der Waals surface area contributed by atoms with Gasteiger partial charge in [0.05, 0.1) is 6.54 Å². The summed E-state index contributed by atoms with van der Waals surface area (Å²) in [6, 6.07) is 7.73. The molecule has 0 fully saturated rings. The largest absolute Gasteiger partial charge is 0.456 e. The van der Waals surface area contributed by atoms with Crippen LogP contribution in [-0.2, 0) is 19.4 Å². The van der Waals surface area contributed by atoms with E-state index in [1.54, 1.807) is 17.4 Å². The minimum Gasteiger partial charge on any atom is -0.456 e. The summed E-state index contributed by atoms with van der Waals surface area (Å²) < 4.78 is 5.40. The first-order valence-corrected chi connectivity index (χ1v) is 6.99. The van der Waals surface area contributed by atoms with Gasteiger partial charge in [0.1, 0.15) is 5.76 Å². The number of hydrogen-bond acceptors (Lipinski definition) is 3. The van der Waals surface area contributed by atoms with Crippen molar-refractivity contribution in [2.45, 2.75) is 33.2 Å². The van der Waals surface area contributed by atoms with Crippen molar-refractivity contribution in [3.63, 3.8) is 0 Å². The average Bonchev–Trinajstić information content (AvgIpc) is 3.04. The molecule has 2 rings (SSSR count). The van der Waals surface area contributed by atoms with Crippen LogP contribution in [0.1, 0.15) is 39.9 Å². The van der Waals surface area contributed by atoms with Crippen LogP contribution in [0.25, 0.3) is 0 Å². The molecule has 4 heteroatoms. The van der Waals surface area contributed by atoms with Crippen LogP contribution in [0, 0.1) is 0 Å². The molecule has 2 aromatic rings. The van der Waals surface area contributed by atoms with Gasteiger partial charge in [-0.05, 0) is 30.7 Å². The lowest BCUT2D eigenvalue weighted by Crippen LogP contribution is -2.21. The molecule has 0 aliphatic heterocycles. The first-order valence-electron chi connectivity index (χ1n) is 6.17. The molecule has 0 aromatic carbocycles. The summed E-state index contributed by atoms with van der Waals surface area (Å²) in [5, 5.41) is 2.87. The summed E-state index contributed by atoms with van der Waals surface area (Å²) in [7, 11) is 0. The number of carbonyl (C=O) groups is 1. The van der Waals surface area contributed by atoms with Crippen molar-refractivity contribution in [3.05, 3.63) is 45.5 Å². The van der Waals surface area contributed by atoms with Crippen molar-refractivity contribution < 1.29 is 9.21 Å². The molecular weight excluding hydrogens is 246 g/mol. The van der Waals surface area contributed by atoms with Gasteiger partial charge in [0.2, 0.25) is 0 Å². The van der Waals surface area contributed by atoms with Gasteiger partial charge in [0, 0.05) is 16.2 Å². The summed E-state index contributed by atoms with van der Waals surface area (Å²) >= 11 is 1.73. The molecular formula is C14H17NO2S. The highest BCUT2D eigenvalue weighted by Gasteiger charge is 2.10. The van der Waals surface area contributed by atoms with E-state index >= 15 is 0 Å². The van der Waals surface area contributed by atoms with Crippen molar-refractivity contribution in [2.75, 3.05) is 0 Å². The Labute approximate surface area is 111 Å². The Morgan fingerprint density at radius 3 is 2.56 bits per heavy atom. The van der Waals surface area contributed by atoms with E-state index in [0.717, 1.165) is 18.6 Å². The topological polar surface area (TPSA) is 42.2 Å². The van der Waals surface area contributed by atoms with Crippen molar-refractivity contribution >= 4 is 17.2 Å². The molecule has 1 N–H and O–H groups in total. The molecule has 0 radical (unpaired) electrons. The van der Waals surface area contributed by atoms with Crippen LogP contribution < -0.4 is 5.32 Å². The van der Waals surface area contributed by atoms with Gasteiger partial charge in [-0.15, -0.1) is 11.3 Å². The molecule has 0 aliphatic rings. The van der Waals surface area contributed by atoms with Crippen LogP contribution in [0.2, 0.25) is 0 Å². The van der Waals surface area contributed by atoms with Gasteiger partial charge in [0.15, 0.2) is 5.76 Å². The van der Waals surface area contributed by atoms with Crippen LogP contribution in [0.5, 0.6) is 0 Å². The fourth-order valence-electron chi connectivity index (χ4n) is 1.65. The van der Waals surface area contributed by atoms with E-state index in [2.05, 4.69) is 24.4 Å². The lowest BCUT2D eigenvalue weighted by atomic mass is 10.3. The smallest absolute Gasteiger partial charge is 0.287 e. The van der Waals surface area contributed by atoms with Gasteiger partial charge in [0.25, 0.3) is 5.91 Å². The second kappa shape index (κ2) is 5.87. The number of rotatable bonds is 5. The zero-order chi connectivity index (χ0) is 13.0. The average molecular weight is 263 g/mol. The van der Waals surface area contributed by atoms with Crippen LogP contribution in [0.15, 0.2) is 28.7 Å². The van der Waals surface area contributed by atoms with E-state index < -0.39 is 0 Å². The molecule has 0 bridgehead atoms. The molecule has 3 nitrogen and oxygen atoms in total. The van der Waals surface area contributed by atoms with Gasteiger partial charge in [-0.1, -0.05) is 13.8 Å². The van der Waals surface area contributed by atoms with Gasteiger partial charge < -0.3 is 9.73 Å². The molecule has 0 atom stereocenters. The molecule has 0 spiro atoms. The lowest BCUT2D eigenvalue weighted by molar-refractivity contribution is 0.0922. The number of hydrogen-bond donors (Lipinski definition) is 1. The fourth-order valence-corrected chi connectivity index (χ4v) is 2.55. The molecule has 18 heavy (non-hydrogen) atoms. The Hall–Kier alpha value is -1.55. The van der Waals surface area contributed by atoms with E-state index in [9.17, 15) is 4.79 Å². The SMILES string of the molecule is CCc1ccc(C(=O)NCc2ccc(CC)s2)o1. The monoisotopic (exact) mass is 263 g/mol. The van der Waals surface area contributed by atoms with Crippen LogP contribution in [-0.4, -0.2) is 5.91 Å². The molecule has 2 heterocycles. The minimum atomic E-state index is -0.152. The number of carbonyl (C=O) groups excluding carboxylic acids is 1. The molecule has 0 saturated heterocycles. The third-order valence-corrected chi connectivity index (χ3v) is 3.95. The first kappa shape index (κ1) is 12.9. The van der Waals surface area contributed by atoms with Crippen molar-refractivity contribution in [3.8, 4) is 0 Å². The number of amides is 1. The first-order chi connectivity index (χ1) is 8.72. The molecule has 0 unspecified atom stereocenters. The molecule has 2 aromatic heterocycles. The minimum absolute atomic E-state index is 0.152. The summed E-state index contributed by atoms with van der Waals surface area (Å²) in [5.41, 5.74) is 0. The van der Waals surface area contributed by atoms with Gasteiger partial charge >= 0.3 is 0 Å². The number of furan rings is 1. The Balaban J connectivity index is 1.91. The number of nitrogens with one attached hydrogen (secondary N) is 1. The standard InChI is InChI=1S/C14H17NO2S/c1-3-10-5-8-13(17-10)14(16)15-9-12-7-6-11(4-2)18-12/h5-8H,3-4,9H2,1-2H3,(H,15,16). The summed E-state index contributed by atoms with van der Waals surface area (Å²) in [4.78, 5) is 14.3. The third kappa shape index (κ3) is 3.01. The van der Waals surface area contributed by atoms with Crippen LogP contribution in [0.4, 0.5) is 0 Å². The molecule has 0 saturated carbocycles. The highest BCUT2D eigenvalue weighted by atomic mass is 32.1. The molecule has 96 valence electrons. The second-order valence-electron chi connectivity index (χ2n) is 4.02. The Morgan fingerprint density at radius 1 is 1.17 bits per heavy atom. The third-order valence-electron chi connectivity index (χ3n) is 2.72. The van der Waals surface area contributed by atoms with Crippen molar-refractivity contribution in [2.24, 2.45) is 0 Å². The highest BCUT2D eigenvalue weighted by Crippen LogP contribution is 2.16. The predicted molar refractivity (Wildman–Crippen MR) is 73.0 cm³/mol. The maximum atomic E-state index is 11.8. The molecule has 0 aliphatic carbocycles. The Bertz CT molecular complexity index is 527. The van der Waals surface area contributed by atoms with E-state index in [4.69, 9.17) is 4.42 Å². The predicted octanol–water partition coefficient (Wildman–Crippen LogP) is 3.40. The van der Waals surface area contributed by atoms with Gasteiger partial charge in [-0.3, -0.25) is 4.79 Å². The van der Waals surface area contributed by atoms with E-state index in [0.29, 0.717) is 12.3 Å². The van der Waals surface area contributed by atoms with Crippen molar-refractivity contribution in [1.29, 1.82) is 0 Å². The van der Waals surface area contributed by atoms with Crippen molar-refractivity contribution in [1.82, 2.24) is 5.32 Å². The van der Waals surface area contributed by atoms with Gasteiger partial charge in [-0.25, -0.2) is 0 Å². The summed E-state index contributed by atoms with van der Waals surface area (Å²) in [6.45, 7) is 4.69. The second-order valence-corrected chi connectivity index (χ2v) is 5.28. The Kier molecular flexibility index (Phi) is 4.20. The lowest BCUT2D eigenvalue weighted by Gasteiger charge is -2.00. The summed E-state index contributed by atoms with van der Waals surface area (Å²) in [5.74, 6) is 1.07. The normalized spacial score (nSPS) is 10.6.